The maximum atomic E-state index is 6.38. The fourth-order valence-electron chi connectivity index (χ4n) is 3.36. The lowest BCUT2D eigenvalue weighted by Crippen LogP contribution is -2.28. The Hall–Kier alpha value is -1.13. The first kappa shape index (κ1) is 17.7. The third kappa shape index (κ3) is 3.92. The second kappa shape index (κ2) is 7.83. The second-order valence-corrected chi connectivity index (χ2v) is 7.40. The van der Waals surface area contributed by atoms with Gasteiger partial charge in [0.25, 0.3) is 0 Å². The molecule has 0 bridgehead atoms. The van der Waals surface area contributed by atoms with Crippen molar-refractivity contribution >= 4 is 23.2 Å². The van der Waals surface area contributed by atoms with E-state index < -0.39 is 0 Å². The first-order valence-corrected chi connectivity index (χ1v) is 9.09. The standard InChI is InChI=1S/C19H23Cl2N3/c1-24(2)11-9-17(13-4-3-10-22-12-13)23-18-8-6-15-14(18)5-7-16(20)19(15)21/h3-5,7,10,12,17-18,23H,6,8-9,11H2,1-2H3. The van der Waals surface area contributed by atoms with Crippen LogP contribution in [0.15, 0.2) is 36.7 Å². The fraction of sp³-hybridized carbons (Fsp3) is 0.421. The summed E-state index contributed by atoms with van der Waals surface area (Å²) < 4.78 is 0. The fourth-order valence-corrected chi connectivity index (χ4v) is 3.81. The van der Waals surface area contributed by atoms with Crippen LogP contribution in [0.4, 0.5) is 0 Å². The highest BCUT2D eigenvalue weighted by Crippen LogP contribution is 2.40. The molecule has 5 heteroatoms. The van der Waals surface area contributed by atoms with Crippen molar-refractivity contribution in [3.8, 4) is 0 Å². The number of hydrogen-bond acceptors (Lipinski definition) is 3. The van der Waals surface area contributed by atoms with E-state index >= 15 is 0 Å². The number of halogens is 2. The quantitative estimate of drug-likeness (QED) is 0.808. The van der Waals surface area contributed by atoms with Gasteiger partial charge in [-0.2, -0.15) is 0 Å². The number of benzene rings is 1. The zero-order valence-corrected chi connectivity index (χ0v) is 15.6. The van der Waals surface area contributed by atoms with Gasteiger partial charge in [0, 0.05) is 24.5 Å². The molecule has 2 atom stereocenters. The molecule has 1 heterocycles. The van der Waals surface area contributed by atoms with Crippen molar-refractivity contribution in [3.63, 3.8) is 0 Å². The van der Waals surface area contributed by atoms with E-state index in [9.17, 15) is 0 Å². The molecule has 1 N–H and O–H groups in total. The Morgan fingerprint density at radius 3 is 2.83 bits per heavy atom. The summed E-state index contributed by atoms with van der Waals surface area (Å²) in [6.45, 7) is 1.02. The summed E-state index contributed by atoms with van der Waals surface area (Å²) in [4.78, 5) is 6.50. The molecule has 1 aliphatic rings. The van der Waals surface area contributed by atoms with Gasteiger partial charge in [0.1, 0.15) is 0 Å². The third-order valence-electron chi connectivity index (χ3n) is 4.64. The van der Waals surface area contributed by atoms with Gasteiger partial charge in [-0.3, -0.25) is 4.98 Å². The molecular weight excluding hydrogens is 341 g/mol. The van der Waals surface area contributed by atoms with Crippen LogP contribution >= 0.6 is 23.2 Å². The number of rotatable bonds is 6. The summed E-state index contributed by atoms with van der Waals surface area (Å²) >= 11 is 12.5. The molecular formula is C19H23Cl2N3. The Kier molecular flexibility index (Phi) is 5.77. The van der Waals surface area contributed by atoms with Crippen molar-refractivity contribution < 1.29 is 0 Å². The molecule has 0 aliphatic heterocycles. The van der Waals surface area contributed by atoms with Gasteiger partial charge in [0.15, 0.2) is 0 Å². The van der Waals surface area contributed by atoms with Crippen molar-refractivity contribution in [3.05, 3.63) is 63.4 Å². The average molecular weight is 364 g/mol. The third-order valence-corrected chi connectivity index (χ3v) is 5.49. The molecule has 24 heavy (non-hydrogen) atoms. The van der Waals surface area contributed by atoms with Crippen LogP contribution in [0.2, 0.25) is 10.0 Å². The molecule has 128 valence electrons. The highest BCUT2D eigenvalue weighted by Gasteiger charge is 2.27. The van der Waals surface area contributed by atoms with Gasteiger partial charge < -0.3 is 10.2 Å². The number of hydrogen-bond donors (Lipinski definition) is 1. The van der Waals surface area contributed by atoms with E-state index in [4.69, 9.17) is 23.2 Å². The summed E-state index contributed by atoms with van der Waals surface area (Å²) in [5.74, 6) is 0. The summed E-state index contributed by atoms with van der Waals surface area (Å²) in [5, 5.41) is 5.18. The molecule has 0 amide bonds. The Morgan fingerprint density at radius 2 is 2.12 bits per heavy atom. The van der Waals surface area contributed by atoms with Gasteiger partial charge >= 0.3 is 0 Å². The van der Waals surface area contributed by atoms with Gasteiger partial charge in [0.05, 0.1) is 10.0 Å². The first-order chi connectivity index (χ1) is 11.6. The Balaban J connectivity index is 1.81. The van der Waals surface area contributed by atoms with Gasteiger partial charge in [-0.05, 0) is 68.7 Å². The summed E-state index contributed by atoms with van der Waals surface area (Å²) in [7, 11) is 4.21. The Bertz CT molecular complexity index is 689. The Morgan fingerprint density at radius 1 is 1.29 bits per heavy atom. The number of nitrogens with zero attached hydrogens (tertiary/aromatic N) is 2. The van der Waals surface area contributed by atoms with Crippen LogP contribution in [-0.4, -0.2) is 30.5 Å². The van der Waals surface area contributed by atoms with E-state index in [2.05, 4.69) is 41.4 Å². The molecule has 3 rings (SSSR count). The summed E-state index contributed by atoms with van der Waals surface area (Å²) in [6, 6.07) is 8.74. The van der Waals surface area contributed by atoms with E-state index in [1.807, 2.05) is 24.5 Å². The lowest BCUT2D eigenvalue weighted by atomic mass is 10.0. The lowest BCUT2D eigenvalue weighted by Gasteiger charge is -2.25. The zero-order chi connectivity index (χ0) is 17.1. The minimum absolute atomic E-state index is 0.270. The van der Waals surface area contributed by atoms with Crippen molar-refractivity contribution in [1.82, 2.24) is 15.2 Å². The van der Waals surface area contributed by atoms with Crippen LogP contribution in [-0.2, 0) is 6.42 Å². The van der Waals surface area contributed by atoms with Crippen LogP contribution in [0.25, 0.3) is 0 Å². The van der Waals surface area contributed by atoms with Crippen LogP contribution in [0, 0.1) is 0 Å². The van der Waals surface area contributed by atoms with E-state index in [1.165, 1.54) is 16.7 Å². The van der Waals surface area contributed by atoms with Gasteiger partial charge in [0.2, 0.25) is 0 Å². The minimum Gasteiger partial charge on any atom is -0.309 e. The summed E-state index contributed by atoms with van der Waals surface area (Å²) in [5.41, 5.74) is 3.70. The monoisotopic (exact) mass is 363 g/mol. The second-order valence-electron chi connectivity index (χ2n) is 6.62. The highest BCUT2D eigenvalue weighted by molar-refractivity contribution is 6.42. The van der Waals surface area contributed by atoms with Crippen LogP contribution in [0.3, 0.4) is 0 Å². The van der Waals surface area contributed by atoms with Crippen molar-refractivity contribution in [1.29, 1.82) is 0 Å². The molecule has 0 fully saturated rings. The smallest absolute Gasteiger partial charge is 0.0627 e. The summed E-state index contributed by atoms with van der Waals surface area (Å²) in [6.07, 6.45) is 6.83. The van der Waals surface area contributed by atoms with E-state index in [0.29, 0.717) is 16.1 Å². The predicted octanol–water partition coefficient (Wildman–Crippen LogP) is 4.66. The van der Waals surface area contributed by atoms with E-state index in [1.54, 1.807) is 0 Å². The van der Waals surface area contributed by atoms with Crippen LogP contribution in [0.1, 0.15) is 41.6 Å². The maximum absolute atomic E-state index is 6.38. The SMILES string of the molecule is CN(C)CCC(NC1CCc2c1ccc(Cl)c2Cl)c1cccnc1. The lowest BCUT2D eigenvalue weighted by molar-refractivity contribution is 0.342. The van der Waals surface area contributed by atoms with Crippen molar-refractivity contribution in [2.24, 2.45) is 0 Å². The number of fused-ring (bicyclic) bond motifs is 1. The van der Waals surface area contributed by atoms with Gasteiger partial charge in [-0.1, -0.05) is 35.3 Å². The van der Waals surface area contributed by atoms with E-state index in [0.717, 1.165) is 25.8 Å². The molecule has 0 saturated carbocycles. The largest absolute Gasteiger partial charge is 0.309 e. The molecule has 3 nitrogen and oxygen atoms in total. The number of aromatic nitrogens is 1. The molecule has 2 aromatic rings. The molecule has 1 aromatic carbocycles. The topological polar surface area (TPSA) is 28.2 Å². The predicted molar refractivity (Wildman–Crippen MR) is 101 cm³/mol. The zero-order valence-electron chi connectivity index (χ0n) is 14.1. The molecule has 1 aromatic heterocycles. The van der Waals surface area contributed by atoms with Crippen LogP contribution < -0.4 is 5.32 Å². The molecule has 2 unspecified atom stereocenters. The Labute approximate surface area is 154 Å². The van der Waals surface area contributed by atoms with Crippen LogP contribution in [0.5, 0.6) is 0 Å². The first-order valence-electron chi connectivity index (χ1n) is 8.33. The van der Waals surface area contributed by atoms with Gasteiger partial charge in [-0.15, -0.1) is 0 Å². The van der Waals surface area contributed by atoms with E-state index in [-0.39, 0.29) is 6.04 Å². The van der Waals surface area contributed by atoms with Crippen molar-refractivity contribution in [2.75, 3.05) is 20.6 Å². The van der Waals surface area contributed by atoms with Crippen molar-refractivity contribution in [2.45, 2.75) is 31.3 Å². The molecule has 0 saturated heterocycles. The molecule has 0 spiro atoms. The normalized spacial score (nSPS) is 18.0. The molecule has 0 radical (unpaired) electrons. The highest BCUT2D eigenvalue weighted by atomic mass is 35.5. The number of nitrogens with one attached hydrogen (secondary N) is 1. The van der Waals surface area contributed by atoms with Gasteiger partial charge in [-0.25, -0.2) is 0 Å². The number of pyridine rings is 1. The molecule has 1 aliphatic carbocycles. The maximum Gasteiger partial charge on any atom is 0.0627 e. The minimum atomic E-state index is 0.270. The average Bonchev–Trinajstić information content (AvgIpc) is 2.99.